The van der Waals surface area contributed by atoms with Gasteiger partial charge >= 0.3 is 6.18 Å². The molecule has 1 saturated heterocycles. The number of guanidine groups is 1. The van der Waals surface area contributed by atoms with Crippen LogP contribution < -0.4 is 5.48 Å². The van der Waals surface area contributed by atoms with Gasteiger partial charge in [-0.15, -0.1) is 11.3 Å². The van der Waals surface area contributed by atoms with Crippen molar-refractivity contribution >= 4 is 35.3 Å². The van der Waals surface area contributed by atoms with Crippen LogP contribution in [-0.4, -0.2) is 87.2 Å². The molecule has 0 bridgehead atoms. The first-order valence-corrected chi connectivity index (χ1v) is 10.8. The number of nitrogens with zero attached hydrogens (tertiary/aromatic N) is 6. The van der Waals surface area contributed by atoms with E-state index in [0.717, 1.165) is 11.3 Å². The van der Waals surface area contributed by atoms with Crippen molar-refractivity contribution in [3.05, 3.63) is 29.3 Å². The minimum absolute atomic E-state index is 0.00457. The molecule has 0 radical (unpaired) electrons. The highest BCUT2D eigenvalue weighted by Gasteiger charge is 2.41. The molecule has 2 N–H and O–H groups in total. The van der Waals surface area contributed by atoms with Crippen LogP contribution in [0, 0.1) is 0 Å². The maximum Gasteiger partial charge on any atom is 0.411 e. The highest BCUT2D eigenvalue weighted by Crippen LogP contribution is 2.28. The van der Waals surface area contributed by atoms with Crippen LogP contribution in [0.5, 0.6) is 0 Å². The second-order valence-electron chi connectivity index (χ2n) is 7.41. The van der Waals surface area contributed by atoms with Crippen LogP contribution in [0.3, 0.4) is 0 Å². The molecule has 2 amide bonds. The molecule has 33 heavy (non-hydrogen) atoms. The fourth-order valence-electron chi connectivity index (χ4n) is 3.46. The van der Waals surface area contributed by atoms with Gasteiger partial charge in [0, 0.05) is 45.0 Å². The number of alkyl halides is 3. The highest BCUT2D eigenvalue weighted by atomic mass is 32.1. The summed E-state index contributed by atoms with van der Waals surface area (Å²) in [7, 11) is 0. The maximum atomic E-state index is 12.9. The molecule has 4 rings (SSSR count). The van der Waals surface area contributed by atoms with Crippen LogP contribution in [-0.2, 0) is 11.3 Å². The zero-order chi connectivity index (χ0) is 23.6. The second-order valence-corrected chi connectivity index (χ2v) is 8.49. The number of aliphatic imine (C=N–C) groups is 2. The van der Waals surface area contributed by atoms with E-state index in [1.807, 2.05) is 0 Å². The van der Waals surface area contributed by atoms with Crippen LogP contribution in [0.1, 0.15) is 16.1 Å². The third kappa shape index (κ3) is 5.22. The van der Waals surface area contributed by atoms with Crippen LogP contribution in [0.4, 0.5) is 13.2 Å². The van der Waals surface area contributed by atoms with Gasteiger partial charge in [-0.1, -0.05) is 0 Å². The molecule has 2 aromatic rings. The third-order valence-electron chi connectivity index (χ3n) is 5.22. The van der Waals surface area contributed by atoms with Gasteiger partial charge in [0.2, 0.25) is 11.9 Å². The van der Waals surface area contributed by atoms with Gasteiger partial charge in [0.1, 0.15) is 12.2 Å². The molecule has 0 saturated carbocycles. The largest absolute Gasteiger partial charge is 0.411 e. The normalized spacial score (nSPS) is 18.9. The minimum Gasteiger partial charge on any atom is -0.338 e. The lowest BCUT2D eigenvalue weighted by Crippen LogP contribution is -2.51. The van der Waals surface area contributed by atoms with Crippen molar-refractivity contribution in [3.63, 3.8) is 0 Å². The molecule has 2 aliphatic heterocycles. The van der Waals surface area contributed by atoms with E-state index in [2.05, 4.69) is 15.1 Å². The molecule has 0 aliphatic carbocycles. The summed E-state index contributed by atoms with van der Waals surface area (Å²) in [5.74, 6) is -0.727. The number of hydrogen-bond acceptors (Lipinski definition) is 8. The number of aromatic nitrogens is 2. The summed E-state index contributed by atoms with van der Waals surface area (Å²) >= 11 is 1.15. The summed E-state index contributed by atoms with van der Waals surface area (Å²) in [6, 6.07) is 3.19. The molecular weight excluding hydrogens is 463 g/mol. The second kappa shape index (κ2) is 9.31. The van der Waals surface area contributed by atoms with Gasteiger partial charge in [-0.3, -0.25) is 19.5 Å². The van der Waals surface area contributed by atoms with Gasteiger partial charge < -0.3 is 9.80 Å². The first kappa shape index (κ1) is 22.9. The predicted molar refractivity (Wildman–Crippen MR) is 113 cm³/mol. The van der Waals surface area contributed by atoms with Crippen molar-refractivity contribution < 1.29 is 28.0 Å². The van der Waals surface area contributed by atoms with Crippen molar-refractivity contribution in [2.75, 3.05) is 26.2 Å². The molecule has 176 valence electrons. The van der Waals surface area contributed by atoms with Gasteiger partial charge in [0.15, 0.2) is 6.04 Å². The van der Waals surface area contributed by atoms with Crippen LogP contribution in [0.2, 0.25) is 0 Å². The van der Waals surface area contributed by atoms with E-state index in [0.29, 0.717) is 41.6 Å². The Morgan fingerprint density at radius 1 is 1.18 bits per heavy atom. The molecule has 0 spiro atoms. The van der Waals surface area contributed by atoms with Gasteiger partial charge in [0.25, 0.3) is 5.91 Å². The van der Waals surface area contributed by atoms with Crippen molar-refractivity contribution in [1.82, 2.24) is 25.1 Å². The number of amides is 2. The number of hydroxylamine groups is 1. The summed E-state index contributed by atoms with van der Waals surface area (Å²) in [5.41, 5.74) is 2.16. The highest BCUT2D eigenvalue weighted by molar-refractivity contribution is 7.17. The zero-order valence-corrected chi connectivity index (χ0v) is 18.0. The summed E-state index contributed by atoms with van der Waals surface area (Å²) in [5, 5.41) is 13.1. The number of rotatable bonds is 4. The standard InChI is InChI=1S/C19H20F3N7O3S/c20-19(21,22)15-3-5-23-18(24-15)28-9-7-27(8-10-28)16(30)11-29-6-4-12(25-29)13-1-2-14(33-13)17(31)26-32/h1-2,4-6,15,32H,3,7-11H2,(H,26,31). The van der Waals surface area contributed by atoms with Crippen LogP contribution in [0.15, 0.2) is 34.4 Å². The molecule has 1 unspecified atom stereocenters. The Kier molecular flexibility index (Phi) is 6.47. The van der Waals surface area contributed by atoms with E-state index in [-0.39, 0.29) is 24.8 Å². The molecule has 1 fully saturated rings. The molecule has 14 heteroatoms. The number of piperazine rings is 1. The predicted octanol–water partition coefficient (Wildman–Crippen LogP) is 1.64. The Morgan fingerprint density at radius 2 is 1.94 bits per heavy atom. The van der Waals surface area contributed by atoms with Crippen molar-refractivity contribution in [3.8, 4) is 10.6 Å². The maximum absolute atomic E-state index is 12.9. The van der Waals surface area contributed by atoms with E-state index in [1.54, 1.807) is 39.7 Å². The lowest BCUT2D eigenvalue weighted by atomic mass is 10.2. The monoisotopic (exact) mass is 483 g/mol. The van der Waals surface area contributed by atoms with Gasteiger partial charge in [-0.05, 0) is 18.2 Å². The summed E-state index contributed by atoms with van der Waals surface area (Å²) in [6.45, 7) is 1.35. The topological polar surface area (TPSA) is 115 Å². The van der Waals surface area contributed by atoms with Crippen molar-refractivity contribution in [2.24, 2.45) is 9.98 Å². The molecule has 4 heterocycles. The molecule has 1 atom stereocenters. The minimum atomic E-state index is -4.41. The fraction of sp³-hybridized carbons (Fsp3) is 0.421. The number of hydrogen-bond donors (Lipinski definition) is 2. The van der Waals surface area contributed by atoms with E-state index >= 15 is 0 Å². The number of halogens is 3. The summed E-state index contributed by atoms with van der Waals surface area (Å²) in [4.78, 5) is 36.2. The molecule has 2 aliphatic rings. The molecule has 10 nitrogen and oxygen atoms in total. The SMILES string of the molecule is O=C(NO)c1ccc(-c2ccn(CC(=O)N3CCN(C4=NC(C(F)(F)F)CC=N4)CC3)n2)s1. The van der Waals surface area contributed by atoms with Crippen LogP contribution in [0.25, 0.3) is 10.6 Å². The number of nitrogens with one attached hydrogen (secondary N) is 1. The average Bonchev–Trinajstić information content (AvgIpc) is 3.48. The lowest BCUT2D eigenvalue weighted by molar-refractivity contribution is -0.145. The number of thiophene rings is 1. The van der Waals surface area contributed by atoms with Gasteiger partial charge in [-0.2, -0.15) is 18.3 Å². The Morgan fingerprint density at radius 3 is 2.64 bits per heavy atom. The average molecular weight is 483 g/mol. The van der Waals surface area contributed by atoms with Crippen LogP contribution >= 0.6 is 11.3 Å². The molecule has 0 aromatic carbocycles. The van der Waals surface area contributed by atoms with E-state index in [4.69, 9.17) is 5.21 Å². The smallest absolute Gasteiger partial charge is 0.338 e. The Bertz CT molecular complexity index is 1090. The Balaban J connectivity index is 1.32. The summed E-state index contributed by atoms with van der Waals surface area (Å²) in [6.07, 6.45) is -1.79. The van der Waals surface area contributed by atoms with Gasteiger partial charge in [-0.25, -0.2) is 15.5 Å². The Labute approximate surface area is 190 Å². The zero-order valence-electron chi connectivity index (χ0n) is 17.2. The van der Waals surface area contributed by atoms with Gasteiger partial charge in [0.05, 0.1) is 9.75 Å². The van der Waals surface area contributed by atoms with E-state index < -0.39 is 18.1 Å². The Hall–Kier alpha value is -3.26. The first-order chi connectivity index (χ1) is 15.7. The van der Waals surface area contributed by atoms with Crippen molar-refractivity contribution in [1.29, 1.82) is 0 Å². The molecule has 2 aromatic heterocycles. The van der Waals surface area contributed by atoms with E-state index in [1.165, 1.54) is 10.9 Å². The van der Waals surface area contributed by atoms with E-state index in [9.17, 15) is 22.8 Å². The third-order valence-corrected chi connectivity index (χ3v) is 6.33. The molecular formula is C19H20F3N7O3S. The van der Waals surface area contributed by atoms with Crippen molar-refractivity contribution in [2.45, 2.75) is 25.2 Å². The first-order valence-electron chi connectivity index (χ1n) is 10.0. The summed E-state index contributed by atoms with van der Waals surface area (Å²) < 4.78 is 40.3. The number of carbonyl (C=O) groups is 2. The lowest BCUT2D eigenvalue weighted by Gasteiger charge is -2.36. The number of carbonyl (C=O) groups excluding carboxylic acids is 2. The fourth-order valence-corrected chi connectivity index (χ4v) is 4.32. The quantitative estimate of drug-likeness (QED) is 0.507.